The summed E-state index contributed by atoms with van der Waals surface area (Å²) in [5.41, 5.74) is 4.77. The van der Waals surface area contributed by atoms with Crippen LogP contribution >= 0.6 is 15.9 Å². The summed E-state index contributed by atoms with van der Waals surface area (Å²) < 4.78 is 13.8. The number of amides is 3. The molecule has 0 aromatic heterocycles. The van der Waals surface area contributed by atoms with Gasteiger partial charge in [0.25, 0.3) is 0 Å². The number of anilines is 1. The predicted octanol–water partition coefficient (Wildman–Crippen LogP) is 0.992. The van der Waals surface area contributed by atoms with E-state index in [1.165, 1.54) is 12.1 Å². The number of carboxylic acid groups (broad SMARTS) is 1. The van der Waals surface area contributed by atoms with Crippen molar-refractivity contribution in [1.29, 1.82) is 0 Å². The van der Waals surface area contributed by atoms with E-state index >= 15 is 0 Å². The zero-order valence-corrected chi connectivity index (χ0v) is 11.7. The Morgan fingerprint density at radius 1 is 1.35 bits per heavy atom. The van der Waals surface area contributed by atoms with Crippen LogP contribution in [0, 0.1) is 5.82 Å². The van der Waals surface area contributed by atoms with Gasteiger partial charge in [-0.2, -0.15) is 0 Å². The van der Waals surface area contributed by atoms with E-state index in [1.807, 2.05) is 0 Å². The maximum atomic E-state index is 13.5. The molecular formula is C11H11BrFN3O4. The molecule has 0 saturated carbocycles. The monoisotopic (exact) mass is 347 g/mol. The van der Waals surface area contributed by atoms with E-state index in [4.69, 9.17) is 10.8 Å². The number of nitrogens with zero attached hydrogens (tertiary/aromatic N) is 1. The first-order valence-corrected chi connectivity index (χ1v) is 6.10. The van der Waals surface area contributed by atoms with Crippen LogP contribution in [0.2, 0.25) is 0 Å². The van der Waals surface area contributed by atoms with Gasteiger partial charge in [0, 0.05) is 4.47 Å². The Morgan fingerprint density at radius 3 is 2.50 bits per heavy atom. The number of rotatable bonds is 5. The summed E-state index contributed by atoms with van der Waals surface area (Å²) in [6, 6.07) is 3.09. The maximum Gasteiger partial charge on any atom is 0.323 e. The van der Waals surface area contributed by atoms with Gasteiger partial charge in [-0.05, 0) is 28.1 Å². The molecule has 4 N–H and O–H groups in total. The molecule has 0 heterocycles. The van der Waals surface area contributed by atoms with Gasteiger partial charge in [0.15, 0.2) is 0 Å². The molecule has 1 aromatic rings. The fourth-order valence-corrected chi connectivity index (χ4v) is 1.80. The highest BCUT2D eigenvalue weighted by molar-refractivity contribution is 9.10. The number of hydrogen-bond acceptors (Lipinski definition) is 3. The lowest BCUT2D eigenvalue weighted by Crippen LogP contribution is -2.43. The van der Waals surface area contributed by atoms with Crippen LogP contribution in [0.15, 0.2) is 22.7 Å². The van der Waals surface area contributed by atoms with Gasteiger partial charge >= 0.3 is 12.0 Å². The molecule has 0 aliphatic heterocycles. The molecule has 0 unspecified atom stereocenters. The Morgan fingerprint density at radius 2 is 2.00 bits per heavy atom. The molecule has 20 heavy (non-hydrogen) atoms. The summed E-state index contributed by atoms with van der Waals surface area (Å²) in [6.45, 7) is -1.33. The topological polar surface area (TPSA) is 113 Å². The number of primary amides is 1. The minimum atomic E-state index is -1.33. The van der Waals surface area contributed by atoms with Gasteiger partial charge in [-0.15, -0.1) is 0 Å². The molecule has 1 rings (SSSR count). The summed E-state index contributed by atoms with van der Waals surface area (Å²) in [5, 5.41) is 10.8. The lowest BCUT2D eigenvalue weighted by atomic mass is 10.3. The van der Waals surface area contributed by atoms with E-state index in [0.29, 0.717) is 4.90 Å². The summed E-state index contributed by atoms with van der Waals surface area (Å²) >= 11 is 3.05. The number of aliphatic carboxylic acids is 1. The Kier molecular flexibility index (Phi) is 5.44. The Bertz CT molecular complexity index is 516. The van der Waals surface area contributed by atoms with Gasteiger partial charge in [-0.1, -0.05) is 6.07 Å². The van der Waals surface area contributed by atoms with Crippen molar-refractivity contribution in [2.45, 2.75) is 0 Å². The summed E-state index contributed by atoms with van der Waals surface area (Å²) in [5.74, 6) is -2.91. The van der Waals surface area contributed by atoms with E-state index in [2.05, 4.69) is 21.2 Å². The van der Waals surface area contributed by atoms with Crippen molar-refractivity contribution in [2.24, 2.45) is 5.73 Å². The fraction of sp³-hybridized carbons (Fsp3) is 0.182. The van der Waals surface area contributed by atoms with Gasteiger partial charge in [0.05, 0.1) is 5.69 Å². The van der Waals surface area contributed by atoms with Crippen molar-refractivity contribution in [3.8, 4) is 0 Å². The van der Waals surface area contributed by atoms with E-state index in [1.54, 1.807) is 0 Å². The average Bonchev–Trinajstić information content (AvgIpc) is 2.31. The van der Waals surface area contributed by atoms with Crippen molar-refractivity contribution in [3.63, 3.8) is 0 Å². The first-order valence-electron chi connectivity index (χ1n) is 5.31. The number of nitrogens with one attached hydrogen (secondary N) is 1. The number of carboxylic acids is 1. The normalized spacial score (nSPS) is 9.90. The van der Waals surface area contributed by atoms with Crippen LogP contribution in [-0.4, -0.2) is 41.0 Å². The molecule has 9 heteroatoms. The Balaban J connectivity index is 2.90. The van der Waals surface area contributed by atoms with Crippen LogP contribution in [0.5, 0.6) is 0 Å². The molecule has 0 bridgehead atoms. The van der Waals surface area contributed by atoms with Crippen LogP contribution in [-0.2, 0) is 9.59 Å². The Labute approximate surface area is 121 Å². The fourth-order valence-electron chi connectivity index (χ4n) is 1.35. The SMILES string of the molecule is NC(=O)CN(CC(=O)O)C(=O)Nc1c(F)cccc1Br. The third-order valence-corrected chi connectivity index (χ3v) is 2.82. The van der Waals surface area contributed by atoms with E-state index < -0.39 is 36.8 Å². The molecule has 7 nitrogen and oxygen atoms in total. The number of halogens is 2. The number of nitrogens with two attached hydrogens (primary N) is 1. The zero-order valence-electron chi connectivity index (χ0n) is 10.1. The maximum absolute atomic E-state index is 13.5. The van der Waals surface area contributed by atoms with Crippen LogP contribution in [0.1, 0.15) is 0 Å². The van der Waals surface area contributed by atoms with Crippen LogP contribution in [0.3, 0.4) is 0 Å². The molecule has 0 aliphatic carbocycles. The highest BCUT2D eigenvalue weighted by Gasteiger charge is 2.20. The number of carbonyl (C=O) groups excluding carboxylic acids is 2. The minimum Gasteiger partial charge on any atom is -0.480 e. The number of para-hydroxylation sites is 1. The molecule has 0 radical (unpaired) electrons. The van der Waals surface area contributed by atoms with Gasteiger partial charge in [-0.3, -0.25) is 9.59 Å². The quantitative estimate of drug-likeness (QED) is 0.737. The predicted molar refractivity (Wildman–Crippen MR) is 71.5 cm³/mol. The van der Waals surface area contributed by atoms with Crippen molar-refractivity contribution >= 4 is 39.5 Å². The van der Waals surface area contributed by atoms with Crippen molar-refractivity contribution in [1.82, 2.24) is 4.90 Å². The lowest BCUT2D eigenvalue weighted by Gasteiger charge is -2.20. The van der Waals surface area contributed by atoms with E-state index in [-0.39, 0.29) is 10.2 Å². The second kappa shape index (κ2) is 6.85. The number of carbonyl (C=O) groups is 3. The van der Waals surface area contributed by atoms with Crippen LogP contribution in [0.25, 0.3) is 0 Å². The van der Waals surface area contributed by atoms with Crippen molar-refractivity contribution in [3.05, 3.63) is 28.5 Å². The lowest BCUT2D eigenvalue weighted by molar-refractivity contribution is -0.137. The largest absolute Gasteiger partial charge is 0.480 e. The number of benzene rings is 1. The highest BCUT2D eigenvalue weighted by Crippen LogP contribution is 2.25. The van der Waals surface area contributed by atoms with E-state index in [9.17, 15) is 18.8 Å². The zero-order chi connectivity index (χ0) is 15.3. The molecule has 0 spiro atoms. The molecule has 0 atom stereocenters. The third-order valence-electron chi connectivity index (χ3n) is 2.15. The van der Waals surface area contributed by atoms with Gasteiger partial charge < -0.3 is 21.1 Å². The van der Waals surface area contributed by atoms with Crippen LogP contribution < -0.4 is 11.1 Å². The van der Waals surface area contributed by atoms with Crippen molar-refractivity contribution < 1.29 is 23.9 Å². The third kappa shape index (κ3) is 4.50. The molecule has 0 saturated heterocycles. The summed E-state index contributed by atoms with van der Waals surface area (Å²) in [6.07, 6.45) is 0. The van der Waals surface area contributed by atoms with Gasteiger partial charge in [0.1, 0.15) is 18.9 Å². The average molecular weight is 348 g/mol. The minimum absolute atomic E-state index is 0.155. The number of hydrogen-bond donors (Lipinski definition) is 3. The highest BCUT2D eigenvalue weighted by atomic mass is 79.9. The number of urea groups is 1. The smallest absolute Gasteiger partial charge is 0.323 e. The standard InChI is InChI=1S/C11H11BrFN3O4/c12-6-2-1-3-7(13)10(6)15-11(20)16(4-8(14)17)5-9(18)19/h1-3H,4-5H2,(H2,14,17)(H,15,20)(H,18,19). The first-order chi connectivity index (χ1) is 9.31. The summed E-state index contributed by atoms with van der Waals surface area (Å²) in [4.78, 5) is 33.9. The second-order valence-corrected chi connectivity index (χ2v) is 4.60. The van der Waals surface area contributed by atoms with E-state index in [0.717, 1.165) is 6.07 Å². The molecule has 3 amide bonds. The molecule has 0 fully saturated rings. The molecular weight excluding hydrogens is 337 g/mol. The second-order valence-electron chi connectivity index (χ2n) is 3.74. The first kappa shape index (κ1) is 15.9. The van der Waals surface area contributed by atoms with Gasteiger partial charge in [0.2, 0.25) is 5.91 Å². The molecule has 108 valence electrons. The Hall–Kier alpha value is -2.16. The van der Waals surface area contributed by atoms with Crippen LogP contribution in [0.4, 0.5) is 14.9 Å². The van der Waals surface area contributed by atoms with Gasteiger partial charge in [-0.25, -0.2) is 9.18 Å². The molecule has 1 aromatic carbocycles. The van der Waals surface area contributed by atoms with Crippen molar-refractivity contribution in [2.75, 3.05) is 18.4 Å². The molecule has 0 aliphatic rings. The summed E-state index contributed by atoms with van der Waals surface area (Å²) in [7, 11) is 0.